The summed E-state index contributed by atoms with van der Waals surface area (Å²) in [6.45, 7) is 6.18. The van der Waals surface area contributed by atoms with E-state index >= 15 is 0 Å². The minimum absolute atomic E-state index is 0.0305. The Kier molecular flexibility index (Phi) is 7.47. The Hall–Kier alpha value is -4.05. The molecule has 1 aliphatic rings. The van der Waals surface area contributed by atoms with Crippen LogP contribution in [0.25, 0.3) is 11.0 Å². The van der Waals surface area contributed by atoms with Gasteiger partial charge in [-0.25, -0.2) is 14.2 Å². The maximum atomic E-state index is 14.1. The molecule has 1 atom stereocenters. The van der Waals surface area contributed by atoms with Gasteiger partial charge in [-0.05, 0) is 56.2 Å². The molecule has 1 aliphatic heterocycles. The molecule has 0 saturated heterocycles. The van der Waals surface area contributed by atoms with Crippen molar-refractivity contribution in [1.29, 1.82) is 0 Å². The molecule has 39 heavy (non-hydrogen) atoms. The van der Waals surface area contributed by atoms with E-state index in [-0.39, 0.29) is 38.9 Å². The molecule has 0 N–H and O–H groups in total. The fourth-order valence-corrected chi connectivity index (χ4v) is 5.63. The zero-order valence-electron chi connectivity index (χ0n) is 21.8. The normalized spacial score (nSPS) is 14.6. The van der Waals surface area contributed by atoms with Gasteiger partial charge in [-0.3, -0.25) is 14.5 Å². The quantitative estimate of drug-likeness (QED) is 0.181. The number of nitrogens with zero attached hydrogens (tertiary/aromatic N) is 2. The van der Waals surface area contributed by atoms with Crippen molar-refractivity contribution in [3.8, 4) is 5.75 Å². The van der Waals surface area contributed by atoms with Crippen LogP contribution in [0.15, 0.2) is 51.7 Å². The molecular formula is C29H27FN2O6S. The lowest BCUT2D eigenvalue weighted by molar-refractivity contribution is 0.0531. The smallest absolute Gasteiger partial charge is 0.350 e. The highest BCUT2D eigenvalue weighted by molar-refractivity contribution is 7.17. The van der Waals surface area contributed by atoms with E-state index in [0.29, 0.717) is 23.6 Å². The Labute approximate surface area is 228 Å². The minimum Gasteiger partial charge on any atom is -0.494 e. The van der Waals surface area contributed by atoms with E-state index in [0.717, 1.165) is 36.7 Å². The number of rotatable bonds is 9. The molecule has 5 rings (SSSR count). The van der Waals surface area contributed by atoms with Crippen LogP contribution in [0.1, 0.15) is 76.2 Å². The molecule has 2 aromatic carbocycles. The number of thiazole rings is 1. The van der Waals surface area contributed by atoms with E-state index in [1.165, 1.54) is 17.0 Å². The van der Waals surface area contributed by atoms with Crippen LogP contribution in [0, 0.1) is 12.7 Å². The van der Waals surface area contributed by atoms with Gasteiger partial charge in [0.25, 0.3) is 5.91 Å². The number of ether oxygens (including phenoxy) is 2. The lowest BCUT2D eigenvalue weighted by Gasteiger charge is -2.23. The van der Waals surface area contributed by atoms with Gasteiger partial charge in [0, 0.05) is 0 Å². The standard InChI is InChI=1S/C29H27FN2O6S/c1-4-6-7-13-37-19-10-8-9-17(14-19)23-22-24(33)20-15-18(30)11-12-21(20)38-25(22)27(34)32(23)29-31-16(3)26(39-29)28(35)36-5-2/h8-12,14-15,23H,4-7,13H2,1-3H3. The van der Waals surface area contributed by atoms with E-state index in [1.807, 2.05) is 6.07 Å². The van der Waals surface area contributed by atoms with Gasteiger partial charge < -0.3 is 13.9 Å². The molecule has 0 spiro atoms. The zero-order valence-corrected chi connectivity index (χ0v) is 22.6. The summed E-state index contributed by atoms with van der Waals surface area (Å²) < 4.78 is 31.1. The second-order valence-electron chi connectivity index (χ2n) is 9.15. The first-order chi connectivity index (χ1) is 18.8. The molecule has 8 nitrogen and oxygen atoms in total. The Morgan fingerprint density at radius 2 is 1.97 bits per heavy atom. The number of unbranched alkanes of at least 4 members (excludes halogenated alkanes) is 2. The van der Waals surface area contributed by atoms with Gasteiger partial charge in [-0.2, -0.15) is 0 Å². The highest BCUT2D eigenvalue weighted by Gasteiger charge is 2.45. The molecule has 10 heteroatoms. The fourth-order valence-electron chi connectivity index (χ4n) is 4.65. The van der Waals surface area contributed by atoms with Gasteiger partial charge in [0.05, 0.1) is 35.9 Å². The predicted molar refractivity (Wildman–Crippen MR) is 145 cm³/mol. The molecule has 0 radical (unpaired) electrons. The maximum absolute atomic E-state index is 14.1. The summed E-state index contributed by atoms with van der Waals surface area (Å²) in [4.78, 5) is 46.2. The number of aryl methyl sites for hydroxylation is 1. The number of esters is 1. The topological polar surface area (TPSA) is 98.9 Å². The minimum atomic E-state index is -0.934. The van der Waals surface area contributed by atoms with Gasteiger partial charge in [0.15, 0.2) is 10.6 Å². The van der Waals surface area contributed by atoms with Crippen LogP contribution in [-0.2, 0) is 4.74 Å². The van der Waals surface area contributed by atoms with Gasteiger partial charge in [-0.15, -0.1) is 0 Å². The second kappa shape index (κ2) is 11.0. The highest BCUT2D eigenvalue weighted by Crippen LogP contribution is 2.43. The van der Waals surface area contributed by atoms with Crippen molar-refractivity contribution >= 4 is 39.3 Å². The molecular weight excluding hydrogens is 523 g/mol. The van der Waals surface area contributed by atoms with E-state index in [2.05, 4.69) is 11.9 Å². The lowest BCUT2D eigenvalue weighted by atomic mass is 9.98. The van der Waals surface area contributed by atoms with Crippen molar-refractivity contribution in [3.05, 3.63) is 86.0 Å². The Bertz CT molecular complexity index is 1630. The van der Waals surface area contributed by atoms with Crippen LogP contribution >= 0.6 is 11.3 Å². The maximum Gasteiger partial charge on any atom is 0.350 e. The largest absolute Gasteiger partial charge is 0.494 e. The van der Waals surface area contributed by atoms with Crippen LogP contribution in [-0.4, -0.2) is 30.1 Å². The van der Waals surface area contributed by atoms with E-state index in [1.54, 1.807) is 32.0 Å². The van der Waals surface area contributed by atoms with E-state index < -0.39 is 29.2 Å². The first-order valence-electron chi connectivity index (χ1n) is 12.8. The number of aromatic nitrogens is 1. The number of carbonyl (C=O) groups is 2. The van der Waals surface area contributed by atoms with Crippen molar-refractivity contribution in [2.24, 2.45) is 0 Å². The summed E-state index contributed by atoms with van der Waals surface area (Å²) in [5.74, 6) is -1.29. The Morgan fingerprint density at radius 3 is 2.74 bits per heavy atom. The number of carbonyl (C=O) groups excluding carboxylic acids is 2. The van der Waals surface area contributed by atoms with E-state index in [9.17, 15) is 18.8 Å². The van der Waals surface area contributed by atoms with Gasteiger partial charge >= 0.3 is 5.97 Å². The van der Waals surface area contributed by atoms with Crippen molar-refractivity contribution in [1.82, 2.24) is 4.98 Å². The molecule has 0 aliphatic carbocycles. The summed E-state index contributed by atoms with van der Waals surface area (Å²) in [6, 6.07) is 9.80. The van der Waals surface area contributed by atoms with Crippen LogP contribution < -0.4 is 15.1 Å². The van der Waals surface area contributed by atoms with Crippen LogP contribution in [0.2, 0.25) is 0 Å². The predicted octanol–water partition coefficient (Wildman–Crippen LogP) is 6.19. The number of hydrogen-bond acceptors (Lipinski definition) is 8. The zero-order chi connectivity index (χ0) is 27.7. The van der Waals surface area contributed by atoms with Crippen molar-refractivity contribution < 1.29 is 27.9 Å². The SMILES string of the molecule is CCCCCOc1cccc(C2c3c(oc4ccc(F)cc4c3=O)C(=O)N2c2nc(C)c(C(=O)OCC)s2)c1. The molecule has 0 saturated carbocycles. The molecule has 202 valence electrons. The van der Waals surface area contributed by atoms with Crippen LogP contribution in [0.5, 0.6) is 5.75 Å². The first kappa shape index (κ1) is 26.6. The molecule has 1 amide bonds. The average molecular weight is 551 g/mol. The number of amides is 1. The summed E-state index contributed by atoms with van der Waals surface area (Å²) in [5, 5.41) is 0.240. The number of hydrogen-bond donors (Lipinski definition) is 0. The Morgan fingerprint density at radius 1 is 1.15 bits per heavy atom. The number of anilines is 1. The highest BCUT2D eigenvalue weighted by atomic mass is 32.1. The van der Waals surface area contributed by atoms with E-state index in [4.69, 9.17) is 13.9 Å². The number of benzene rings is 2. The Balaban J connectivity index is 1.66. The second-order valence-corrected chi connectivity index (χ2v) is 10.1. The average Bonchev–Trinajstić information content (AvgIpc) is 3.44. The molecule has 3 heterocycles. The van der Waals surface area contributed by atoms with Gasteiger partial charge in [0.2, 0.25) is 5.76 Å². The molecule has 0 bridgehead atoms. The third-order valence-electron chi connectivity index (χ3n) is 6.47. The van der Waals surface area contributed by atoms with Gasteiger partial charge in [-0.1, -0.05) is 43.2 Å². The van der Waals surface area contributed by atoms with Crippen LogP contribution in [0.4, 0.5) is 9.52 Å². The summed E-state index contributed by atoms with van der Waals surface area (Å²) in [6.07, 6.45) is 2.99. The van der Waals surface area contributed by atoms with Crippen molar-refractivity contribution in [2.45, 2.75) is 46.1 Å². The lowest BCUT2D eigenvalue weighted by Crippen LogP contribution is -2.29. The molecule has 1 unspecified atom stereocenters. The third-order valence-corrected chi connectivity index (χ3v) is 7.61. The molecule has 4 aromatic rings. The summed E-state index contributed by atoms with van der Waals surface area (Å²) in [7, 11) is 0. The molecule has 2 aromatic heterocycles. The van der Waals surface area contributed by atoms with Crippen molar-refractivity contribution in [3.63, 3.8) is 0 Å². The summed E-state index contributed by atoms with van der Waals surface area (Å²) in [5.41, 5.74) is 0.648. The molecule has 0 fully saturated rings. The fraction of sp³-hybridized carbons (Fsp3) is 0.310. The monoisotopic (exact) mass is 550 g/mol. The first-order valence-corrected chi connectivity index (χ1v) is 13.6. The number of halogens is 1. The van der Waals surface area contributed by atoms with Crippen molar-refractivity contribution in [2.75, 3.05) is 18.1 Å². The number of fused-ring (bicyclic) bond motifs is 2. The summed E-state index contributed by atoms with van der Waals surface area (Å²) >= 11 is 0.998. The van der Waals surface area contributed by atoms with Crippen LogP contribution in [0.3, 0.4) is 0 Å². The van der Waals surface area contributed by atoms with Gasteiger partial charge in [0.1, 0.15) is 22.0 Å². The third kappa shape index (κ3) is 4.92.